The Labute approximate surface area is 119 Å². The van der Waals surface area contributed by atoms with E-state index in [0.717, 1.165) is 18.5 Å². The minimum absolute atomic E-state index is 0.529. The number of nitrogens with zero attached hydrogens (tertiary/aromatic N) is 1. The van der Waals surface area contributed by atoms with Gasteiger partial charge in [-0.05, 0) is 64.1 Å². The van der Waals surface area contributed by atoms with Gasteiger partial charge in [-0.3, -0.25) is 4.90 Å². The molecule has 0 aromatic heterocycles. The number of rotatable bonds is 5. The number of likely N-dealkylation sites (tertiary alicyclic amines) is 1. The van der Waals surface area contributed by atoms with Crippen LogP contribution in [-0.2, 0) is 0 Å². The maximum Gasteiger partial charge on any atom is 0.0365 e. The summed E-state index contributed by atoms with van der Waals surface area (Å²) in [6.45, 7) is 6.19. The van der Waals surface area contributed by atoms with Gasteiger partial charge in [-0.2, -0.15) is 0 Å². The first-order valence-corrected chi connectivity index (χ1v) is 8.85. The van der Waals surface area contributed by atoms with Crippen molar-refractivity contribution in [1.29, 1.82) is 0 Å². The summed E-state index contributed by atoms with van der Waals surface area (Å²) in [5.41, 5.74) is 0.529. The van der Waals surface area contributed by atoms with Crippen LogP contribution in [0.2, 0.25) is 0 Å². The van der Waals surface area contributed by atoms with Crippen LogP contribution in [0.5, 0.6) is 0 Å². The molecule has 1 saturated heterocycles. The highest BCUT2D eigenvalue weighted by Gasteiger charge is 2.49. The molecule has 0 spiro atoms. The molecule has 19 heavy (non-hydrogen) atoms. The van der Waals surface area contributed by atoms with Crippen molar-refractivity contribution in [2.45, 2.75) is 82.7 Å². The lowest BCUT2D eigenvalue weighted by Crippen LogP contribution is -2.61. The summed E-state index contributed by atoms with van der Waals surface area (Å²) in [4.78, 5) is 2.89. The normalized spacial score (nSPS) is 30.2. The molecule has 110 valence electrons. The van der Waals surface area contributed by atoms with Crippen molar-refractivity contribution in [2.24, 2.45) is 5.92 Å². The van der Waals surface area contributed by atoms with E-state index in [2.05, 4.69) is 17.1 Å². The fraction of sp³-hybridized carbons (Fsp3) is 1.00. The standard InChI is InChI=1S/C17H32N2/c1-2-18-16(15-9-3-4-10-15)17(11-5-6-12-17)19-13-7-8-14-19/h15-16,18H,2-14H2,1H3. The summed E-state index contributed by atoms with van der Waals surface area (Å²) in [6.07, 6.45) is 14.6. The summed E-state index contributed by atoms with van der Waals surface area (Å²) in [7, 11) is 0. The maximum absolute atomic E-state index is 3.94. The molecule has 0 bridgehead atoms. The number of hydrogen-bond donors (Lipinski definition) is 1. The molecule has 0 radical (unpaired) electrons. The van der Waals surface area contributed by atoms with Crippen LogP contribution < -0.4 is 5.32 Å². The van der Waals surface area contributed by atoms with Crippen molar-refractivity contribution in [2.75, 3.05) is 19.6 Å². The molecule has 3 aliphatic rings. The van der Waals surface area contributed by atoms with Gasteiger partial charge in [0.1, 0.15) is 0 Å². The van der Waals surface area contributed by atoms with Gasteiger partial charge < -0.3 is 5.32 Å². The lowest BCUT2D eigenvalue weighted by molar-refractivity contribution is 0.0520. The second kappa shape index (κ2) is 6.13. The molecular formula is C17H32N2. The Morgan fingerprint density at radius 2 is 1.63 bits per heavy atom. The second-order valence-electron chi connectivity index (χ2n) is 7.08. The molecule has 2 saturated carbocycles. The van der Waals surface area contributed by atoms with Gasteiger partial charge in [0.05, 0.1) is 0 Å². The predicted molar refractivity (Wildman–Crippen MR) is 81.4 cm³/mol. The van der Waals surface area contributed by atoms with E-state index < -0.39 is 0 Å². The molecule has 0 aromatic carbocycles. The Morgan fingerprint density at radius 3 is 2.21 bits per heavy atom. The van der Waals surface area contributed by atoms with Crippen molar-refractivity contribution in [3.05, 3.63) is 0 Å². The summed E-state index contributed by atoms with van der Waals surface area (Å²) < 4.78 is 0. The van der Waals surface area contributed by atoms with Crippen molar-refractivity contribution in [3.8, 4) is 0 Å². The molecule has 2 aliphatic carbocycles. The van der Waals surface area contributed by atoms with Gasteiger partial charge in [0, 0.05) is 11.6 Å². The second-order valence-corrected chi connectivity index (χ2v) is 7.08. The molecule has 1 atom stereocenters. The van der Waals surface area contributed by atoms with E-state index in [1.807, 2.05) is 0 Å². The summed E-state index contributed by atoms with van der Waals surface area (Å²) >= 11 is 0. The smallest absolute Gasteiger partial charge is 0.0365 e. The van der Waals surface area contributed by atoms with E-state index in [1.165, 1.54) is 77.3 Å². The fourth-order valence-electron chi connectivity index (χ4n) is 5.28. The highest BCUT2D eigenvalue weighted by atomic mass is 15.2. The van der Waals surface area contributed by atoms with E-state index in [-0.39, 0.29) is 0 Å². The van der Waals surface area contributed by atoms with Crippen LogP contribution in [0, 0.1) is 5.92 Å². The summed E-state index contributed by atoms with van der Waals surface area (Å²) in [5.74, 6) is 0.957. The summed E-state index contributed by atoms with van der Waals surface area (Å²) in [5, 5.41) is 3.94. The van der Waals surface area contributed by atoms with Crippen molar-refractivity contribution >= 4 is 0 Å². The first-order chi connectivity index (χ1) is 9.37. The molecule has 0 aromatic rings. The van der Waals surface area contributed by atoms with Gasteiger partial charge in [-0.1, -0.05) is 32.6 Å². The van der Waals surface area contributed by atoms with Crippen LogP contribution in [0.25, 0.3) is 0 Å². The van der Waals surface area contributed by atoms with E-state index in [4.69, 9.17) is 0 Å². The van der Waals surface area contributed by atoms with E-state index in [0.29, 0.717) is 5.54 Å². The molecule has 0 amide bonds. The zero-order valence-electron chi connectivity index (χ0n) is 12.8. The van der Waals surface area contributed by atoms with E-state index in [1.54, 1.807) is 0 Å². The van der Waals surface area contributed by atoms with Crippen LogP contribution >= 0.6 is 0 Å². The van der Waals surface area contributed by atoms with Crippen molar-refractivity contribution < 1.29 is 0 Å². The molecule has 3 rings (SSSR count). The lowest BCUT2D eigenvalue weighted by Gasteiger charge is -2.48. The van der Waals surface area contributed by atoms with Crippen LogP contribution in [0.15, 0.2) is 0 Å². The van der Waals surface area contributed by atoms with Gasteiger partial charge in [-0.15, -0.1) is 0 Å². The topological polar surface area (TPSA) is 15.3 Å². The monoisotopic (exact) mass is 264 g/mol. The lowest BCUT2D eigenvalue weighted by atomic mass is 9.78. The Hall–Kier alpha value is -0.0800. The first kappa shape index (κ1) is 13.9. The highest BCUT2D eigenvalue weighted by Crippen LogP contribution is 2.45. The number of likely N-dealkylation sites (N-methyl/N-ethyl adjacent to an activating group) is 1. The third kappa shape index (κ3) is 2.58. The van der Waals surface area contributed by atoms with Crippen LogP contribution in [0.1, 0.15) is 71.1 Å². The fourth-order valence-corrected chi connectivity index (χ4v) is 5.28. The molecule has 2 nitrogen and oxygen atoms in total. The SMILES string of the molecule is CCNC(C1CCCC1)C1(N2CCCC2)CCCC1. The van der Waals surface area contributed by atoms with E-state index >= 15 is 0 Å². The Bertz CT molecular complexity index is 271. The highest BCUT2D eigenvalue weighted by molar-refractivity contribution is 5.07. The molecule has 1 heterocycles. The Morgan fingerprint density at radius 1 is 1.00 bits per heavy atom. The van der Waals surface area contributed by atoms with Crippen LogP contribution in [0.3, 0.4) is 0 Å². The van der Waals surface area contributed by atoms with Gasteiger partial charge >= 0.3 is 0 Å². The van der Waals surface area contributed by atoms with Crippen molar-refractivity contribution in [1.82, 2.24) is 10.2 Å². The Balaban J connectivity index is 1.82. The quantitative estimate of drug-likeness (QED) is 0.817. The predicted octanol–water partition coefficient (Wildman–Crippen LogP) is 3.56. The minimum Gasteiger partial charge on any atom is -0.312 e. The maximum atomic E-state index is 3.94. The number of hydrogen-bond acceptors (Lipinski definition) is 2. The zero-order valence-corrected chi connectivity index (χ0v) is 12.8. The van der Waals surface area contributed by atoms with Gasteiger partial charge in [0.15, 0.2) is 0 Å². The summed E-state index contributed by atoms with van der Waals surface area (Å²) in [6, 6.07) is 0.778. The molecule has 1 unspecified atom stereocenters. The minimum atomic E-state index is 0.529. The van der Waals surface area contributed by atoms with Gasteiger partial charge in [-0.25, -0.2) is 0 Å². The van der Waals surface area contributed by atoms with Crippen LogP contribution in [-0.4, -0.2) is 36.1 Å². The molecule has 1 N–H and O–H groups in total. The average Bonchev–Trinajstić information content (AvgIpc) is 3.15. The molecular weight excluding hydrogens is 232 g/mol. The molecule has 2 heteroatoms. The third-order valence-electron chi connectivity index (χ3n) is 6.08. The first-order valence-electron chi connectivity index (χ1n) is 8.85. The van der Waals surface area contributed by atoms with Crippen molar-refractivity contribution in [3.63, 3.8) is 0 Å². The third-order valence-corrected chi connectivity index (χ3v) is 6.08. The zero-order chi connectivity index (χ0) is 13.1. The van der Waals surface area contributed by atoms with Gasteiger partial charge in [0.25, 0.3) is 0 Å². The molecule has 1 aliphatic heterocycles. The largest absolute Gasteiger partial charge is 0.312 e. The van der Waals surface area contributed by atoms with Crippen LogP contribution in [0.4, 0.5) is 0 Å². The Kier molecular flexibility index (Phi) is 4.48. The average molecular weight is 264 g/mol. The van der Waals surface area contributed by atoms with Gasteiger partial charge in [0.2, 0.25) is 0 Å². The molecule has 3 fully saturated rings. The number of nitrogens with one attached hydrogen (secondary N) is 1. The van der Waals surface area contributed by atoms with E-state index in [9.17, 15) is 0 Å².